The Bertz CT molecular complexity index is 225. The number of nitrogens with two attached hydrogens (primary N) is 1. The Morgan fingerprint density at radius 3 is 2.73 bits per heavy atom. The van der Waals surface area contributed by atoms with E-state index in [2.05, 4.69) is 11.1 Å². The summed E-state index contributed by atoms with van der Waals surface area (Å²) in [5, 5.41) is 0. The molecule has 0 spiro atoms. The molecular weight excluding hydrogens is 160 g/mol. The van der Waals surface area contributed by atoms with E-state index in [-0.39, 0.29) is 12.4 Å². The topological polar surface area (TPSA) is 38.9 Å². The fraction of sp³-hybridized carbons (Fsp3) is 0.375. The third-order valence-corrected chi connectivity index (χ3v) is 1.95. The summed E-state index contributed by atoms with van der Waals surface area (Å²) in [5.41, 5.74) is 6.96. The number of nitrogens with zero attached hydrogens (tertiary/aromatic N) is 1. The highest BCUT2D eigenvalue weighted by atomic mass is 35.5. The van der Waals surface area contributed by atoms with Gasteiger partial charge in [-0.05, 0) is 18.1 Å². The second kappa shape index (κ2) is 3.20. The van der Waals surface area contributed by atoms with Gasteiger partial charge in [0.2, 0.25) is 0 Å². The fourth-order valence-electron chi connectivity index (χ4n) is 1.19. The lowest BCUT2D eigenvalue weighted by atomic mass is 10.2. The first-order valence-electron chi connectivity index (χ1n) is 3.53. The first-order chi connectivity index (χ1) is 4.88. The smallest absolute Gasteiger partial charge is 0.0303 e. The molecule has 0 amide bonds. The van der Waals surface area contributed by atoms with Crippen molar-refractivity contribution in [3.8, 4) is 0 Å². The highest BCUT2D eigenvalue weighted by Gasteiger charge is 2.34. The molecular formula is C8H11ClN2. The van der Waals surface area contributed by atoms with Gasteiger partial charge in [0.25, 0.3) is 0 Å². The van der Waals surface area contributed by atoms with Gasteiger partial charge < -0.3 is 5.73 Å². The monoisotopic (exact) mass is 170 g/mol. The molecule has 0 radical (unpaired) electrons. The van der Waals surface area contributed by atoms with E-state index in [0.29, 0.717) is 12.0 Å². The Labute approximate surface area is 72.2 Å². The van der Waals surface area contributed by atoms with Crippen LogP contribution in [0, 0.1) is 0 Å². The Morgan fingerprint density at radius 1 is 1.55 bits per heavy atom. The summed E-state index contributed by atoms with van der Waals surface area (Å²) < 4.78 is 0. The molecule has 1 aliphatic carbocycles. The maximum atomic E-state index is 5.67. The van der Waals surface area contributed by atoms with Crippen LogP contribution in [-0.4, -0.2) is 11.0 Å². The van der Waals surface area contributed by atoms with E-state index in [0.717, 1.165) is 6.42 Å². The Morgan fingerprint density at radius 2 is 2.27 bits per heavy atom. The molecule has 0 saturated heterocycles. The average Bonchev–Trinajstić information content (AvgIpc) is 2.69. The zero-order chi connectivity index (χ0) is 6.97. The summed E-state index contributed by atoms with van der Waals surface area (Å²) in [6, 6.07) is 4.44. The molecule has 0 bridgehead atoms. The predicted octanol–water partition coefficient (Wildman–Crippen LogP) is 1.32. The van der Waals surface area contributed by atoms with Crippen LogP contribution in [0.1, 0.15) is 17.9 Å². The van der Waals surface area contributed by atoms with Gasteiger partial charge in [-0.3, -0.25) is 4.98 Å². The summed E-state index contributed by atoms with van der Waals surface area (Å²) in [6.45, 7) is 0. The quantitative estimate of drug-likeness (QED) is 0.691. The molecule has 0 aromatic carbocycles. The van der Waals surface area contributed by atoms with Crippen molar-refractivity contribution in [2.75, 3.05) is 0 Å². The third-order valence-electron chi connectivity index (χ3n) is 1.95. The Balaban J connectivity index is 0.000000605. The summed E-state index contributed by atoms with van der Waals surface area (Å²) in [6.07, 6.45) is 4.82. The molecule has 1 heterocycles. The van der Waals surface area contributed by atoms with Gasteiger partial charge in [-0.2, -0.15) is 0 Å². The van der Waals surface area contributed by atoms with Gasteiger partial charge in [0, 0.05) is 24.4 Å². The highest BCUT2D eigenvalue weighted by molar-refractivity contribution is 5.85. The Kier molecular flexibility index (Phi) is 2.47. The summed E-state index contributed by atoms with van der Waals surface area (Å²) >= 11 is 0. The molecule has 1 aromatic rings. The molecule has 2 nitrogen and oxygen atoms in total. The molecule has 2 N–H and O–H groups in total. The van der Waals surface area contributed by atoms with Crippen LogP contribution < -0.4 is 5.73 Å². The van der Waals surface area contributed by atoms with Crippen molar-refractivity contribution in [3.05, 3.63) is 30.1 Å². The van der Waals surface area contributed by atoms with Gasteiger partial charge in [-0.25, -0.2) is 0 Å². The number of rotatable bonds is 1. The minimum absolute atomic E-state index is 0. The molecule has 2 atom stereocenters. The van der Waals surface area contributed by atoms with Gasteiger partial charge >= 0.3 is 0 Å². The van der Waals surface area contributed by atoms with E-state index in [1.54, 1.807) is 6.20 Å². The fourth-order valence-corrected chi connectivity index (χ4v) is 1.19. The van der Waals surface area contributed by atoms with Crippen molar-refractivity contribution in [1.82, 2.24) is 4.98 Å². The van der Waals surface area contributed by atoms with Gasteiger partial charge in [-0.1, -0.05) is 6.07 Å². The number of aromatic nitrogens is 1. The summed E-state index contributed by atoms with van der Waals surface area (Å²) in [7, 11) is 0. The van der Waals surface area contributed by atoms with Crippen LogP contribution in [0.25, 0.3) is 0 Å². The van der Waals surface area contributed by atoms with Crippen molar-refractivity contribution >= 4 is 12.4 Å². The molecule has 11 heavy (non-hydrogen) atoms. The van der Waals surface area contributed by atoms with E-state index in [1.807, 2.05) is 12.3 Å². The lowest BCUT2D eigenvalue weighted by Crippen LogP contribution is -2.00. The maximum absolute atomic E-state index is 5.67. The second-order valence-electron chi connectivity index (χ2n) is 2.79. The highest BCUT2D eigenvalue weighted by Crippen LogP contribution is 2.38. The number of halogens is 1. The Hall–Kier alpha value is -0.600. The second-order valence-corrected chi connectivity index (χ2v) is 2.79. The van der Waals surface area contributed by atoms with Gasteiger partial charge in [0.1, 0.15) is 0 Å². The average molecular weight is 171 g/mol. The molecule has 1 saturated carbocycles. The number of pyridine rings is 1. The van der Waals surface area contributed by atoms with Crippen molar-refractivity contribution in [3.63, 3.8) is 0 Å². The molecule has 1 aliphatic rings. The van der Waals surface area contributed by atoms with Crippen LogP contribution in [0.5, 0.6) is 0 Å². The van der Waals surface area contributed by atoms with Crippen LogP contribution in [0.3, 0.4) is 0 Å². The van der Waals surface area contributed by atoms with Crippen LogP contribution in [0.4, 0.5) is 0 Å². The molecule has 2 unspecified atom stereocenters. The van der Waals surface area contributed by atoms with Crippen molar-refractivity contribution in [2.24, 2.45) is 5.73 Å². The van der Waals surface area contributed by atoms with Crippen LogP contribution >= 0.6 is 12.4 Å². The van der Waals surface area contributed by atoms with Crippen molar-refractivity contribution in [1.29, 1.82) is 0 Å². The van der Waals surface area contributed by atoms with E-state index >= 15 is 0 Å². The van der Waals surface area contributed by atoms with Crippen LogP contribution in [0.15, 0.2) is 24.5 Å². The van der Waals surface area contributed by atoms with Crippen LogP contribution in [-0.2, 0) is 0 Å². The summed E-state index contributed by atoms with van der Waals surface area (Å²) in [4.78, 5) is 4.02. The molecule has 60 valence electrons. The maximum Gasteiger partial charge on any atom is 0.0303 e. The van der Waals surface area contributed by atoms with Crippen LogP contribution in [0.2, 0.25) is 0 Å². The lowest BCUT2D eigenvalue weighted by molar-refractivity contribution is 0.981. The zero-order valence-corrected chi connectivity index (χ0v) is 6.92. The molecule has 3 heteroatoms. The van der Waals surface area contributed by atoms with E-state index < -0.39 is 0 Å². The minimum Gasteiger partial charge on any atom is -0.327 e. The largest absolute Gasteiger partial charge is 0.327 e. The molecule has 1 aromatic heterocycles. The van der Waals surface area contributed by atoms with E-state index in [9.17, 15) is 0 Å². The minimum atomic E-state index is 0. The lowest BCUT2D eigenvalue weighted by Gasteiger charge is -1.93. The van der Waals surface area contributed by atoms with E-state index in [4.69, 9.17) is 5.73 Å². The third kappa shape index (κ3) is 1.70. The van der Waals surface area contributed by atoms with Gasteiger partial charge in [0.15, 0.2) is 0 Å². The standard InChI is InChI=1S/C8H10N2.ClH/c9-8-4-7(8)6-2-1-3-10-5-6;/h1-3,5,7-8H,4,9H2;1H. The van der Waals surface area contributed by atoms with Gasteiger partial charge in [-0.15, -0.1) is 12.4 Å². The van der Waals surface area contributed by atoms with Crippen molar-refractivity contribution in [2.45, 2.75) is 18.4 Å². The first kappa shape index (κ1) is 8.50. The zero-order valence-electron chi connectivity index (χ0n) is 6.10. The molecule has 0 aliphatic heterocycles. The predicted molar refractivity (Wildman–Crippen MR) is 46.8 cm³/mol. The molecule has 1 fully saturated rings. The SMILES string of the molecule is Cl.NC1CC1c1cccnc1. The van der Waals surface area contributed by atoms with E-state index in [1.165, 1.54) is 5.56 Å². The molecule has 2 rings (SSSR count). The number of hydrogen-bond acceptors (Lipinski definition) is 2. The number of hydrogen-bond donors (Lipinski definition) is 1. The normalized spacial score (nSPS) is 27.4. The first-order valence-corrected chi connectivity index (χ1v) is 3.53. The van der Waals surface area contributed by atoms with Gasteiger partial charge in [0.05, 0.1) is 0 Å². The summed E-state index contributed by atoms with van der Waals surface area (Å²) in [5.74, 6) is 0.591. The van der Waals surface area contributed by atoms with Crippen molar-refractivity contribution < 1.29 is 0 Å².